The molecule has 0 aromatic heterocycles. The van der Waals surface area contributed by atoms with Crippen molar-refractivity contribution < 1.29 is 13.3 Å². The first kappa shape index (κ1) is 11.4. The van der Waals surface area contributed by atoms with E-state index in [1.165, 1.54) is 12.1 Å². The highest BCUT2D eigenvalue weighted by Gasteiger charge is 2.17. The molecule has 0 fully saturated rings. The Morgan fingerprint density at radius 1 is 1.40 bits per heavy atom. The minimum absolute atomic E-state index is 0.0185. The summed E-state index contributed by atoms with van der Waals surface area (Å²) in [6.45, 7) is 1.60. The minimum Gasteiger partial charge on any atom is -0.277 e. The monoisotopic (exact) mass is 230 g/mol. The Bertz CT molecular complexity index is 495. The Balaban J connectivity index is 3.32. The van der Waals surface area contributed by atoms with E-state index in [0.717, 1.165) is 6.26 Å². The fraction of sp³-hybridized carbons (Fsp3) is 0.250. The van der Waals surface area contributed by atoms with Crippen molar-refractivity contribution in [1.29, 1.82) is 0 Å². The van der Waals surface area contributed by atoms with Crippen molar-refractivity contribution >= 4 is 21.4 Å². The molecule has 0 saturated carbocycles. The van der Waals surface area contributed by atoms with E-state index in [2.05, 4.69) is 4.72 Å². The van der Waals surface area contributed by atoms with E-state index in [1.807, 2.05) is 0 Å². The van der Waals surface area contributed by atoms with E-state index in [9.17, 15) is 18.5 Å². The van der Waals surface area contributed by atoms with Crippen LogP contribution in [0.5, 0.6) is 0 Å². The average Bonchev–Trinajstić information content (AvgIpc) is 2.05. The summed E-state index contributed by atoms with van der Waals surface area (Å²) in [5, 5.41) is 10.6. The highest BCUT2D eigenvalue weighted by atomic mass is 32.2. The molecule has 15 heavy (non-hydrogen) atoms. The van der Waals surface area contributed by atoms with Gasteiger partial charge in [-0.15, -0.1) is 0 Å². The third-order valence-corrected chi connectivity index (χ3v) is 2.31. The maximum atomic E-state index is 11.0. The maximum absolute atomic E-state index is 11.0. The molecule has 7 heteroatoms. The predicted octanol–water partition coefficient (Wildman–Crippen LogP) is 1.27. The Kier molecular flexibility index (Phi) is 2.94. The second-order valence-corrected chi connectivity index (χ2v) is 4.85. The Morgan fingerprint density at radius 3 is 2.47 bits per heavy atom. The van der Waals surface area contributed by atoms with Gasteiger partial charge in [0.2, 0.25) is 10.0 Å². The second kappa shape index (κ2) is 3.85. The second-order valence-electron chi connectivity index (χ2n) is 3.10. The topological polar surface area (TPSA) is 89.3 Å². The largest absolute Gasteiger partial charge is 0.293 e. The molecular formula is C8H10N2O4S. The predicted molar refractivity (Wildman–Crippen MR) is 56.3 cm³/mol. The van der Waals surface area contributed by atoms with Crippen LogP contribution in [-0.4, -0.2) is 19.6 Å². The number of nitrogens with one attached hydrogen (secondary N) is 1. The van der Waals surface area contributed by atoms with Crippen molar-refractivity contribution in [2.45, 2.75) is 6.92 Å². The smallest absolute Gasteiger partial charge is 0.277 e. The molecule has 6 nitrogen and oxygen atoms in total. The van der Waals surface area contributed by atoms with Gasteiger partial charge in [-0.3, -0.25) is 14.8 Å². The zero-order chi connectivity index (χ0) is 11.6. The zero-order valence-corrected chi connectivity index (χ0v) is 9.04. The van der Waals surface area contributed by atoms with Gasteiger partial charge in [-0.2, -0.15) is 0 Å². The van der Waals surface area contributed by atoms with E-state index in [4.69, 9.17) is 0 Å². The van der Waals surface area contributed by atoms with E-state index in [1.54, 1.807) is 13.0 Å². The van der Waals surface area contributed by atoms with Gasteiger partial charge in [0, 0.05) is 6.07 Å². The molecule has 0 aliphatic carbocycles. The number of anilines is 1. The van der Waals surface area contributed by atoms with Gasteiger partial charge < -0.3 is 0 Å². The number of sulfonamides is 1. The zero-order valence-electron chi connectivity index (χ0n) is 8.22. The van der Waals surface area contributed by atoms with E-state index in [-0.39, 0.29) is 11.4 Å². The molecule has 0 saturated heterocycles. The molecule has 0 aliphatic heterocycles. The first-order chi connectivity index (χ1) is 6.81. The van der Waals surface area contributed by atoms with Gasteiger partial charge in [-0.05, 0) is 12.5 Å². The summed E-state index contributed by atoms with van der Waals surface area (Å²) in [5.74, 6) is 0. The van der Waals surface area contributed by atoms with Gasteiger partial charge in [-0.25, -0.2) is 8.42 Å². The molecule has 0 unspecified atom stereocenters. The van der Waals surface area contributed by atoms with Gasteiger partial charge in [0.25, 0.3) is 5.69 Å². The number of aryl methyl sites for hydroxylation is 1. The first-order valence-electron chi connectivity index (χ1n) is 4.03. The number of hydrogen-bond donors (Lipinski definition) is 1. The Morgan fingerprint density at radius 2 is 2.00 bits per heavy atom. The molecular weight excluding hydrogens is 220 g/mol. The molecule has 1 rings (SSSR count). The molecule has 1 aromatic rings. The maximum Gasteiger partial charge on any atom is 0.293 e. The van der Waals surface area contributed by atoms with Crippen LogP contribution < -0.4 is 4.72 Å². The Labute approximate surface area is 87.1 Å². The summed E-state index contributed by atoms with van der Waals surface area (Å²) in [6, 6.07) is 4.35. The number of nitrogens with zero attached hydrogens (tertiary/aromatic N) is 1. The third kappa shape index (κ3) is 2.91. The van der Waals surface area contributed by atoms with Crippen LogP contribution in [0.2, 0.25) is 0 Å². The van der Waals surface area contributed by atoms with Crippen LogP contribution in [0.4, 0.5) is 11.4 Å². The SMILES string of the molecule is Cc1cccc([N+](=O)[O-])c1NS(C)(=O)=O. The number of benzene rings is 1. The van der Waals surface area contributed by atoms with Crippen molar-refractivity contribution in [3.05, 3.63) is 33.9 Å². The van der Waals surface area contributed by atoms with Crippen LogP contribution >= 0.6 is 0 Å². The number of hydrogen-bond acceptors (Lipinski definition) is 4. The van der Waals surface area contributed by atoms with E-state index in [0.29, 0.717) is 5.56 Å². The minimum atomic E-state index is -3.51. The molecule has 0 aliphatic rings. The molecule has 0 heterocycles. The molecule has 0 radical (unpaired) electrons. The molecule has 0 bridgehead atoms. The lowest BCUT2D eigenvalue weighted by atomic mass is 10.2. The fourth-order valence-corrected chi connectivity index (χ4v) is 1.76. The van der Waals surface area contributed by atoms with Crippen LogP contribution in [0.1, 0.15) is 5.56 Å². The fourth-order valence-electron chi connectivity index (χ4n) is 1.12. The number of nitro groups is 1. The van der Waals surface area contributed by atoms with E-state index < -0.39 is 14.9 Å². The average molecular weight is 230 g/mol. The van der Waals surface area contributed by atoms with Gasteiger partial charge in [0.05, 0.1) is 11.2 Å². The highest BCUT2D eigenvalue weighted by molar-refractivity contribution is 7.92. The summed E-state index contributed by atoms with van der Waals surface area (Å²) in [7, 11) is -3.51. The van der Waals surface area contributed by atoms with Crippen LogP contribution in [0.3, 0.4) is 0 Å². The first-order valence-corrected chi connectivity index (χ1v) is 5.92. The number of para-hydroxylation sites is 1. The standard InChI is InChI=1S/C8H10N2O4S/c1-6-4-3-5-7(10(11)12)8(6)9-15(2,13)14/h3-5,9H,1-2H3. The van der Waals surface area contributed by atoms with Crippen LogP contribution in [-0.2, 0) is 10.0 Å². The van der Waals surface area contributed by atoms with E-state index >= 15 is 0 Å². The lowest BCUT2D eigenvalue weighted by Gasteiger charge is -2.07. The van der Waals surface area contributed by atoms with Crippen molar-refractivity contribution in [2.75, 3.05) is 11.0 Å². The molecule has 0 amide bonds. The van der Waals surface area contributed by atoms with Gasteiger partial charge in [0.1, 0.15) is 5.69 Å². The summed E-state index contributed by atoms with van der Waals surface area (Å²) >= 11 is 0. The van der Waals surface area contributed by atoms with Crippen molar-refractivity contribution in [3.63, 3.8) is 0 Å². The van der Waals surface area contributed by atoms with Crippen molar-refractivity contribution in [1.82, 2.24) is 0 Å². The quantitative estimate of drug-likeness (QED) is 0.625. The highest BCUT2D eigenvalue weighted by Crippen LogP contribution is 2.28. The van der Waals surface area contributed by atoms with Crippen LogP contribution in [0.15, 0.2) is 18.2 Å². The summed E-state index contributed by atoms with van der Waals surface area (Å²) < 4.78 is 24.1. The van der Waals surface area contributed by atoms with Crippen LogP contribution in [0.25, 0.3) is 0 Å². The lowest BCUT2D eigenvalue weighted by molar-refractivity contribution is -0.383. The number of nitro benzene ring substituents is 1. The molecule has 0 spiro atoms. The van der Waals surface area contributed by atoms with Crippen molar-refractivity contribution in [2.24, 2.45) is 0 Å². The van der Waals surface area contributed by atoms with Crippen molar-refractivity contribution in [3.8, 4) is 0 Å². The Hall–Kier alpha value is -1.63. The van der Waals surface area contributed by atoms with Crippen LogP contribution in [0, 0.1) is 17.0 Å². The molecule has 1 N–H and O–H groups in total. The number of rotatable bonds is 3. The third-order valence-electron chi connectivity index (χ3n) is 1.73. The normalized spacial score (nSPS) is 11.1. The lowest BCUT2D eigenvalue weighted by Crippen LogP contribution is -2.12. The molecule has 82 valence electrons. The van der Waals surface area contributed by atoms with Gasteiger partial charge in [-0.1, -0.05) is 12.1 Å². The summed E-state index contributed by atoms with van der Waals surface area (Å²) in [4.78, 5) is 10.0. The molecule has 1 aromatic carbocycles. The van der Waals surface area contributed by atoms with Gasteiger partial charge in [0.15, 0.2) is 0 Å². The summed E-state index contributed by atoms with van der Waals surface area (Å²) in [5.41, 5.74) is 0.278. The molecule has 0 atom stereocenters. The summed E-state index contributed by atoms with van der Waals surface area (Å²) in [6.07, 6.45) is 0.948. The van der Waals surface area contributed by atoms with Gasteiger partial charge >= 0.3 is 0 Å².